The number of aryl methyl sites for hydroxylation is 2. The van der Waals surface area contributed by atoms with E-state index in [1.165, 1.54) is 18.2 Å². The molecule has 0 radical (unpaired) electrons. The Bertz CT molecular complexity index is 1990. The Labute approximate surface area is 308 Å². The molecule has 0 saturated carbocycles. The smallest absolute Gasteiger partial charge is 0.334 e. The van der Waals surface area contributed by atoms with Gasteiger partial charge < -0.3 is 14.7 Å². The fourth-order valence-corrected chi connectivity index (χ4v) is 7.26. The van der Waals surface area contributed by atoms with E-state index in [0.29, 0.717) is 24.3 Å². The topological polar surface area (TPSA) is 39.7 Å². The van der Waals surface area contributed by atoms with Crippen molar-refractivity contribution in [1.82, 2.24) is 14.8 Å². The number of nitrogens with zero attached hydrogens (tertiary/aromatic N) is 4. The lowest BCUT2D eigenvalue weighted by Crippen LogP contribution is -2.50. The van der Waals surface area contributed by atoms with Gasteiger partial charge in [0.25, 0.3) is 0 Å². The van der Waals surface area contributed by atoms with E-state index in [0.717, 1.165) is 89.9 Å². The van der Waals surface area contributed by atoms with Crippen LogP contribution in [0.2, 0.25) is 0 Å². The van der Waals surface area contributed by atoms with Crippen LogP contribution in [0.25, 0.3) is 16.7 Å². The predicted molar refractivity (Wildman–Crippen MR) is 200 cm³/mol. The summed E-state index contributed by atoms with van der Waals surface area (Å²) >= 11 is 0. The van der Waals surface area contributed by atoms with E-state index in [4.69, 9.17) is 4.98 Å². The van der Waals surface area contributed by atoms with Gasteiger partial charge in [0, 0.05) is 42.6 Å². The number of pyridine rings is 1. The zero-order chi connectivity index (χ0) is 37.9. The number of carbonyl (C=O) groups is 1. The maximum Gasteiger partial charge on any atom is 0.416 e. The number of halogens is 5. The zero-order valence-corrected chi connectivity index (χ0v) is 30.6. The number of hydrogen-bond donors (Lipinski definition) is 0. The van der Waals surface area contributed by atoms with E-state index in [1.807, 2.05) is 73.0 Å². The lowest BCUT2D eigenvalue weighted by atomic mass is 9.94. The van der Waals surface area contributed by atoms with E-state index < -0.39 is 23.4 Å². The lowest BCUT2D eigenvalue weighted by molar-refractivity contribution is -0.137. The molecule has 6 rings (SSSR count). The molecule has 278 valence electrons. The number of fused-ring (bicyclic) bond motifs is 1. The third-order valence-electron chi connectivity index (χ3n) is 10.3. The van der Waals surface area contributed by atoms with Gasteiger partial charge in [-0.15, -0.1) is 0 Å². The van der Waals surface area contributed by atoms with Crippen LogP contribution >= 0.6 is 0 Å². The first-order chi connectivity index (χ1) is 25.3. The fraction of sp³-hybridized carbons (Fsp3) is 0.349. The highest BCUT2D eigenvalue weighted by Crippen LogP contribution is 2.39. The summed E-state index contributed by atoms with van der Waals surface area (Å²) in [6, 6.07) is 20.9. The Hall–Kier alpha value is -4.83. The fourth-order valence-electron chi connectivity index (χ4n) is 7.26. The SMILES string of the molecule is CCN1CCC(N(Cc2ccc(-c3ccc(C(F)(F)F)cc3)cc2)C(=O)CN2C(CCc3cccc(F)c3F)=CC(=C(C)C)c3ccc(C)nc32)CC1. The molecule has 0 N–H and O–H groups in total. The Kier molecular flexibility index (Phi) is 11.5. The molecule has 1 fully saturated rings. The van der Waals surface area contributed by atoms with Gasteiger partial charge in [-0.25, -0.2) is 13.8 Å². The molecule has 5 nitrogen and oxygen atoms in total. The highest BCUT2D eigenvalue weighted by atomic mass is 19.4. The standard InChI is InChI=1S/C43H45F5N4O/c1-5-50-23-21-35(22-24-50)51(26-30-10-12-31(13-11-30)32-14-17-34(18-15-32)43(46,47)48)40(53)27-52-36(19-16-33-7-6-8-39(44)41(33)45)25-38(28(2)3)37-20-9-29(4)49-42(37)52/h6-15,17-18,20,25,35H,5,16,19,21-24,26-27H2,1-4H3. The third-order valence-corrected chi connectivity index (χ3v) is 10.3. The van der Waals surface area contributed by atoms with Gasteiger partial charge >= 0.3 is 6.18 Å². The minimum absolute atomic E-state index is 0.00298. The van der Waals surface area contributed by atoms with Gasteiger partial charge in [-0.3, -0.25) is 4.79 Å². The molecule has 2 aliphatic heterocycles. The maximum atomic E-state index is 14.8. The van der Waals surface area contributed by atoms with Crippen molar-refractivity contribution in [2.75, 3.05) is 31.1 Å². The number of allylic oxidation sites excluding steroid dienone is 4. The van der Waals surface area contributed by atoms with Crippen molar-refractivity contribution < 1.29 is 26.7 Å². The Morgan fingerprint density at radius 2 is 1.55 bits per heavy atom. The van der Waals surface area contributed by atoms with Crippen molar-refractivity contribution >= 4 is 17.3 Å². The number of aromatic nitrogens is 1. The molecule has 4 aromatic rings. The lowest BCUT2D eigenvalue weighted by Gasteiger charge is -2.40. The Morgan fingerprint density at radius 3 is 2.17 bits per heavy atom. The zero-order valence-electron chi connectivity index (χ0n) is 30.6. The van der Waals surface area contributed by atoms with Crippen molar-refractivity contribution in [1.29, 1.82) is 0 Å². The number of likely N-dealkylation sites (tertiary alicyclic amines) is 1. The second kappa shape index (κ2) is 16.0. The van der Waals surface area contributed by atoms with E-state index in [-0.39, 0.29) is 30.5 Å². The number of hydrogen-bond acceptors (Lipinski definition) is 4. The first kappa shape index (κ1) is 37.9. The first-order valence-electron chi connectivity index (χ1n) is 18.2. The molecule has 1 amide bonds. The van der Waals surface area contributed by atoms with Gasteiger partial charge in [-0.1, -0.05) is 61.0 Å². The minimum Gasteiger partial charge on any atom is -0.334 e. The van der Waals surface area contributed by atoms with Crippen LogP contribution in [0.15, 0.2) is 96.2 Å². The number of piperidine rings is 1. The van der Waals surface area contributed by atoms with Crippen LogP contribution in [0.3, 0.4) is 0 Å². The molecular weight excluding hydrogens is 683 g/mol. The van der Waals surface area contributed by atoms with E-state index in [2.05, 4.69) is 11.8 Å². The highest BCUT2D eigenvalue weighted by Gasteiger charge is 2.33. The van der Waals surface area contributed by atoms with Gasteiger partial charge in [0.15, 0.2) is 11.6 Å². The largest absolute Gasteiger partial charge is 0.416 e. The summed E-state index contributed by atoms with van der Waals surface area (Å²) in [4.78, 5) is 25.9. The predicted octanol–water partition coefficient (Wildman–Crippen LogP) is 10.00. The monoisotopic (exact) mass is 728 g/mol. The summed E-state index contributed by atoms with van der Waals surface area (Å²) in [6.07, 6.45) is -0.118. The second-order valence-corrected chi connectivity index (χ2v) is 14.1. The number of amides is 1. The van der Waals surface area contributed by atoms with Crippen molar-refractivity contribution in [2.45, 2.75) is 72.1 Å². The number of carbonyl (C=O) groups excluding carboxylic acids is 1. The van der Waals surface area contributed by atoms with Gasteiger partial charge in [-0.2, -0.15) is 13.2 Å². The van der Waals surface area contributed by atoms with E-state index in [1.54, 1.807) is 6.07 Å². The summed E-state index contributed by atoms with van der Waals surface area (Å²) in [5.74, 6) is -1.17. The van der Waals surface area contributed by atoms with Crippen molar-refractivity contribution in [3.63, 3.8) is 0 Å². The van der Waals surface area contributed by atoms with Crippen molar-refractivity contribution in [2.24, 2.45) is 0 Å². The molecular formula is C43H45F5N4O. The summed E-state index contributed by atoms with van der Waals surface area (Å²) < 4.78 is 68.3. The van der Waals surface area contributed by atoms with E-state index in [9.17, 15) is 26.7 Å². The van der Waals surface area contributed by atoms with Crippen LogP contribution in [0, 0.1) is 18.6 Å². The number of anilines is 1. The molecule has 0 bridgehead atoms. The molecule has 3 aromatic carbocycles. The van der Waals surface area contributed by atoms with Gasteiger partial charge in [0.1, 0.15) is 12.4 Å². The van der Waals surface area contributed by atoms with Gasteiger partial charge in [-0.05, 0) is 117 Å². The van der Waals surface area contributed by atoms with Crippen LogP contribution < -0.4 is 4.90 Å². The van der Waals surface area contributed by atoms with Crippen LogP contribution in [-0.2, 0) is 23.9 Å². The average Bonchev–Trinajstić information content (AvgIpc) is 3.14. The quantitative estimate of drug-likeness (QED) is 0.153. The van der Waals surface area contributed by atoms with Crippen LogP contribution in [0.4, 0.5) is 27.8 Å². The number of benzene rings is 3. The second-order valence-electron chi connectivity index (χ2n) is 14.1. The van der Waals surface area contributed by atoms with Crippen LogP contribution in [-0.4, -0.2) is 52.9 Å². The molecule has 1 aromatic heterocycles. The molecule has 0 aliphatic carbocycles. The molecule has 0 atom stereocenters. The first-order valence-corrected chi connectivity index (χ1v) is 18.2. The van der Waals surface area contributed by atoms with Crippen LogP contribution in [0.5, 0.6) is 0 Å². The number of rotatable bonds is 10. The third kappa shape index (κ3) is 8.70. The normalized spacial score (nSPS) is 15.3. The molecule has 0 unspecified atom stereocenters. The van der Waals surface area contributed by atoms with Crippen LogP contribution in [0.1, 0.15) is 68.0 Å². The summed E-state index contributed by atoms with van der Waals surface area (Å²) in [5.41, 5.74) is 6.49. The molecule has 2 aliphatic rings. The van der Waals surface area contributed by atoms with Gasteiger partial charge in [0.2, 0.25) is 5.91 Å². The maximum absolute atomic E-state index is 14.8. The molecule has 53 heavy (non-hydrogen) atoms. The highest BCUT2D eigenvalue weighted by molar-refractivity contribution is 5.91. The Morgan fingerprint density at radius 1 is 0.887 bits per heavy atom. The molecule has 3 heterocycles. The summed E-state index contributed by atoms with van der Waals surface area (Å²) in [5, 5.41) is 0. The van der Waals surface area contributed by atoms with Crippen molar-refractivity contribution in [3.8, 4) is 11.1 Å². The van der Waals surface area contributed by atoms with Crippen molar-refractivity contribution in [3.05, 3.63) is 136 Å². The number of alkyl halides is 3. The minimum atomic E-state index is -4.40. The van der Waals surface area contributed by atoms with E-state index >= 15 is 0 Å². The average molecular weight is 729 g/mol. The van der Waals surface area contributed by atoms with Gasteiger partial charge in [0.05, 0.1) is 5.56 Å². The summed E-state index contributed by atoms with van der Waals surface area (Å²) in [7, 11) is 0. The molecule has 1 saturated heterocycles. The molecule has 10 heteroatoms. The summed E-state index contributed by atoms with van der Waals surface area (Å²) in [6.45, 7) is 11.1. The molecule has 0 spiro atoms. The Balaban J connectivity index is 1.30.